The third-order valence-electron chi connectivity index (χ3n) is 9.51. The molecule has 0 aromatic heterocycles. The van der Waals surface area contributed by atoms with Gasteiger partial charge in [-0.15, -0.1) is 0 Å². The lowest BCUT2D eigenvalue weighted by molar-refractivity contribution is -0.120. The van der Waals surface area contributed by atoms with Crippen LogP contribution < -0.4 is 5.73 Å². The zero-order valence-electron chi connectivity index (χ0n) is 20.6. The molecule has 1 saturated heterocycles. The van der Waals surface area contributed by atoms with Gasteiger partial charge >= 0.3 is 0 Å². The van der Waals surface area contributed by atoms with Gasteiger partial charge in [0.1, 0.15) is 0 Å². The lowest BCUT2D eigenvalue weighted by Gasteiger charge is -2.53. The molecule has 2 N–H and O–H groups in total. The van der Waals surface area contributed by atoms with E-state index in [0.717, 1.165) is 12.5 Å². The van der Waals surface area contributed by atoms with Gasteiger partial charge in [0, 0.05) is 24.5 Å². The van der Waals surface area contributed by atoms with Crippen molar-refractivity contribution in [3.05, 3.63) is 35.4 Å². The van der Waals surface area contributed by atoms with E-state index in [0.29, 0.717) is 18.5 Å². The van der Waals surface area contributed by atoms with Gasteiger partial charge in [-0.25, -0.2) is 0 Å². The van der Waals surface area contributed by atoms with E-state index in [2.05, 4.69) is 34.1 Å². The number of fused-ring (bicyclic) bond motifs is 2. The van der Waals surface area contributed by atoms with Crippen LogP contribution in [-0.2, 0) is 10.2 Å². The van der Waals surface area contributed by atoms with Crippen LogP contribution in [0.4, 0.5) is 0 Å². The molecule has 33 heavy (non-hydrogen) atoms. The van der Waals surface area contributed by atoms with Crippen LogP contribution in [0.5, 0.6) is 0 Å². The molecular formula is C29H45N3O. The Morgan fingerprint density at radius 2 is 1.55 bits per heavy atom. The number of nitrogens with zero attached hydrogens (tertiary/aromatic N) is 2. The fourth-order valence-corrected chi connectivity index (χ4v) is 7.87. The molecule has 1 atom stereocenters. The van der Waals surface area contributed by atoms with E-state index in [1.807, 2.05) is 0 Å². The standard InChI is InChI=1S/C29H45N3O/c30-27(33)21-32-22-29(26-15-9-8-14-25(26)28(32)24-12-6-7-13-24)16-18-31(19-17-29)20-23-10-4-2-1-3-5-11-23/h8-9,14-15,23-24,28H,1-7,10-13,16-22H2,(H2,30,33). The van der Waals surface area contributed by atoms with Crippen molar-refractivity contribution >= 4 is 5.91 Å². The van der Waals surface area contributed by atoms with Crippen LogP contribution in [0.2, 0.25) is 0 Å². The number of benzene rings is 1. The predicted octanol–water partition coefficient (Wildman–Crippen LogP) is 5.41. The number of hydrogen-bond acceptors (Lipinski definition) is 3. The highest BCUT2D eigenvalue weighted by atomic mass is 16.1. The average molecular weight is 452 g/mol. The van der Waals surface area contributed by atoms with Crippen molar-refractivity contribution in [3.8, 4) is 0 Å². The minimum atomic E-state index is -0.172. The summed E-state index contributed by atoms with van der Waals surface area (Å²) in [4.78, 5) is 17.4. The van der Waals surface area contributed by atoms with Crippen LogP contribution in [0.25, 0.3) is 0 Å². The smallest absolute Gasteiger partial charge is 0.231 e. The van der Waals surface area contributed by atoms with Crippen LogP contribution in [0.15, 0.2) is 24.3 Å². The summed E-state index contributed by atoms with van der Waals surface area (Å²) in [6.45, 7) is 5.11. The monoisotopic (exact) mass is 451 g/mol. The molecule has 2 saturated carbocycles. The van der Waals surface area contributed by atoms with Gasteiger partial charge in [0.15, 0.2) is 0 Å². The second kappa shape index (κ2) is 10.5. The lowest BCUT2D eigenvalue weighted by Crippen LogP contribution is -2.56. The number of nitrogens with two attached hydrogens (primary N) is 1. The van der Waals surface area contributed by atoms with Crippen LogP contribution in [0, 0.1) is 11.8 Å². The summed E-state index contributed by atoms with van der Waals surface area (Å²) in [6.07, 6.45) is 17.7. The number of hydrogen-bond donors (Lipinski definition) is 1. The quantitative estimate of drug-likeness (QED) is 0.651. The van der Waals surface area contributed by atoms with Crippen molar-refractivity contribution in [2.45, 2.75) is 94.9 Å². The average Bonchev–Trinajstić information content (AvgIpc) is 3.31. The Morgan fingerprint density at radius 1 is 0.909 bits per heavy atom. The summed E-state index contributed by atoms with van der Waals surface area (Å²) >= 11 is 0. The number of carbonyl (C=O) groups is 1. The van der Waals surface area contributed by atoms with Crippen molar-refractivity contribution in [1.29, 1.82) is 0 Å². The van der Waals surface area contributed by atoms with Crippen molar-refractivity contribution in [2.75, 3.05) is 32.7 Å². The summed E-state index contributed by atoms with van der Waals surface area (Å²) in [5.41, 5.74) is 9.06. The lowest BCUT2D eigenvalue weighted by atomic mass is 9.65. The van der Waals surface area contributed by atoms with E-state index >= 15 is 0 Å². The first-order valence-corrected chi connectivity index (χ1v) is 14.0. The molecule has 4 aliphatic rings. The molecule has 2 heterocycles. The number of likely N-dealkylation sites (tertiary alicyclic amines) is 1. The molecule has 182 valence electrons. The molecule has 0 bridgehead atoms. The molecule has 1 amide bonds. The number of carbonyl (C=O) groups excluding carboxylic acids is 1. The molecule has 1 unspecified atom stereocenters. The summed E-state index contributed by atoms with van der Waals surface area (Å²) in [5, 5.41) is 0. The Balaban J connectivity index is 1.34. The van der Waals surface area contributed by atoms with E-state index in [-0.39, 0.29) is 11.3 Å². The molecule has 0 radical (unpaired) electrons. The molecule has 1 aromatic rings. The Kier molecular flexibility index (Phi) is 7.42. The van der Waals surface area contributed by atoms with E-state index in [4.69, 9.17) is 5.73 Å². The summed E-state index contributed by atoms with van der Waals surface area (Å²) in [5.74, 6) is 1.40. The maximum Gasteiger partial charge on any atom is 0.231 e. The van der Waals surface area contributed by atoms with Crippen molar-refractivity contribution in [2.24, 2.45) is 17.6 Å². The Bertz CT molecular complexity index is 786. The van der Waals surface area contributed by atoms with Crippen LogP contribution in [-0.4, -0.2) is 48.4 Å². The van der Waals surface area contributed by atoms with Crippen LogP contribution >= 0.6 is 0 Å². The van der Waals surface area contributed by atoms with Gasteiger partial charge in [0.05, 0.1) is 6.54 Å². The fraction of sp³-hybridized carbons (Fsp3) is 0.759. The zero-order chi connectivity index (χ0) is 22.7. The minimum absolute atomic E-state index is 0.172. The highest BCUT2D eigenvalue weighted by Gasteiger charge is 2.47. The second-order valence-corrected chi connectivity index (χ2v) is 11.7. The maximum absolute atomic E-state index is 12.1. The summed E-state index contributed by atoms with van der Waals surface area (Å²) < 4.78 is 0. The Labute approximate surface area is 201 Å². The van der Waals surface area contributed by atoms with Crippen molar-refractivity contribution in [1.82, 2.24) is 9.80 Å². The highest BCUT2D eigenvalue weighted by molar-refractivity contribution is 5.76. The van der Waals surface area contributed by atoms with Crippen molar-refractivity contribution in [3.63, 3.8) is 0 Å². The van der Waals surface area contributed by atoms with Gasteiger partial charge in [-0.2, -0.15) is 0 Å². The van der Waals surface area contributed by atoms with E-state index < -0.39 is 0 Å². The third-order valence-corrected chi connectivity index (χ3v) is 9.51. The molecule has 2 aliphatic heterocycles. The Hall–Kier alpha value is -1.39. The van der Waals surface area contributed by atoms with Gasteiger partial charge in [-0.05, 0) is 74.6 Å². The topological polar surface area (TPSA) is 49.6 Å². The summed E-state index contributed by atoms with van der Waals surface area (Å²) in [6, 6.07) is 9.62. The number of primary amides is 1. The third kappa shape index (κ3) is 5.17. The zero-order valence-corrected chi connectivity index (χ0v) is 20.6. The molecule has 1 spiro atoms. The van der Waals surface area contributed by atoms with Crippen LogP contribution in [0.1, 0.15) is 101 Å². The van der Waals surface area contributed by atoms with E-state index in [1.165, 1.54) is 109 Å². The van der Waals surface area contributed by atoms with E-state index in [9.17, 15) is 4.79 Å². The SMILES string of the molecule is NC(=O)CN1CC2(CCN(CC3CCCCCCC3)CC2)c2ccccc2C1C1CCCC1. The first-order chi connectivity index (χ1) is 16.1. The molecule has 4 nitrogen and oxygen atoms in total. The maximum atomic E-state index is 12.1. The highest BCUT2D eigenvalue weighted by Crippen LogP contribution is 2.50. The number of piperidine rings is 1. The molecule has 2 aliphatic carbocycles. The fourth-order valence-electron chi connectivity index (χ4n) is 7.87. The normalized spacial score (nSPS) is 27.8. The minimum Gasteiger partial charge on any atom is -0.369 e. The first kappa shape index (κ1) is 23.4. The van der Waals surface area contributed by atoms with Gasteiger partial charge in [0.25, 0.3) is 0 Å². The second-order valence-electron chi connectivity index (χ2n) is 11.7. The van der Waals surface area contributed by atoms with Gasteiger partial charge in [-0.3, -0.25) is 9.69 Å². The van der Waals surface area contributed by atoms with E-state index in [1.54, 1.807) is 5.56 Å². The molecule has 5 rings (SSSR count). The first-order valence-electron chi connectivity index (χ1n) is 14.0. The predicted molar refractivity (Wildman–Crippen MR) is 135 cm³/mol. The van der Waals surface area contributed by atoms with Crippen molar-refractivity contribution < 1.29 is 4.79 Å². The molecule has 1 aromatic carbocycles. The van der Waals surface area contributed by atoms with Gasteiger partial charge in [-0.1, -0.05) is 69.2 Å². The molecule has 3 fully saturated rings. The molecular weight excluding hydrogens is 406 g/mol. The largest absolute Gasteiger partial charge is 0.369 e. The van der Waals surface area contributed by atoms with Gasteiger partial charge in [0.2, 0.25) is 5.91 Å². The molecule has 4 heteroatoms. The van der Waals surface area contributed by atoms with Crippen LogP contribution in [0.3, 0.4) is 0 Å². The summed E-state index contributed by atoms with van der Waals surface area (Å²) in [7, 11) is 0. The number of rotatable bonds is 5. The Morgan fingerprint density at radius 3 is 2.24 bits per heavy atom. The number of amides is 1. The van der Waals surface area contributed by atoms with Gasteiger partial charge < -0.3 is 10.6 Å².